The number of aryl methyl sites for hydroxylation is 2. The van der Waals surface area contributed by atoms with Crippen LogP contribution in [0.2, 0.25) is 0 Å². The van der Waals surface area contributed by atoms with Gasteiger partial charge in [0.05, 0.1) is 22.4 Å². The maximum absolute atomic E-state index is 5.01. The van der Waals surface area contributed by atoms with E-state index in [9.17, 15) is 0 Å². The molecule has 0 aromatic carbocycles. The minimum Gasteiger partial charge on any atom is -0.383 e. The predicted molar refractivity (Wildman–Crippen MR) is 81.5 cm³/mol. The number of hydrogen-bond acceptors (Lipinski definition) is 4. The summed E-state index contributed by atoms with van der Waals surface area (Å²) in [4.78, 5) is 5.61. The third kappa shape index (κ3) is 4.72. The van der Waals surface area contributed by atoms with E-state index in [0.29, 0.717) is 0 Å². The van der Waals surface area contributed by atoms with Crippen molar-refractivity contribution in [3.8, 4) is 0 Å². The fourth-order valence-electron chi connectivity index (χ4n) is 1.80. The molecule has 2 rings (SSSR count). The highest BCUT2D eigenvalue weighted by Crippen LogP contribution is 2.22. The van der Waals surface area contributed by atoms with Gasteiger partial charge in [0, 0.05) is 37.8 Å². The van der Waals surface area contributed by atoms with Crippen molar-refractivity contribution in [1.82, 2.24) is 14.9 Å². The van der Waals surface area contributed by atoms with E-state index in [4.69, 9.17) is 4.74 Å². The Balaban J connectivity index is 1.81. The molecular weight excluding hydrogens is 326 g/mol. The molecule has 19 heavy (non-hydrogen) atoms. The van der Waals surface area contributed by atoms with Crippen molar-refractivity contribution in [1.29, 1.82) is 0 Å². The third-order valence-electron chi connectivity index (χ3n) is 2.82. The van der Waals surface area contributed by atoms with Crippen LogP contribution in [-0.4, -0.2) is 29.8 Å². The van der Waals surface area contributed by atoms with Gasteiger partial charge in [-0.2, -0.15) is 0 Å². The number of rotatable bonds is 8. The molecule has 0 amide bonds. The molecule has 0 radical (unpaired) electrons. The molecule has 0 spiro atoms. The molecule has 2 aromatic heterocycles. The average Bonchev–Trinajstić information content (AvgIpc) is 3.01. The number of ether oxygens (including phenoxy) is 1. The van der Waals surface area contributed by atoms with Crippen molar-refractivity contribution in [2.45, 2.75) is 19.5 Å². The van der Waals surface area contributed by atoms with E-state index < -0.39 is 0 Å². The lowest BCUT2D eigenvalue weighted by Gasteiger charge is -2.08. The fourth-order valence-corrected chi connectivity index (χ4v) is 3.28. The lowest BCUT2D eigenvalue weighted by Crippen LogP contribution is -2.20. The molecule has 6 heteroatoms. The summed E-state index contributed by atoms with van der Waals surface area (Å²) < 4.78 is 8.40. The van der Waals surface area contributed by atoms with Crippen molar-refractivity contribution in [3.63, 3.8) is 0 Å². The van der Waals surface area contributed by atoms with Crippen molar-refractivity contribution in [3.05, 3.63) is 39.0 Å². The van der Waals surface area contributed by atoms with Crippen LogP contribution in [0.5, 0.6) is 0 Å². The van der Waals surface area contributed by atoms with Crippen LogP contribution in [0.3, 0.4) is 0 Å². The summed E-state index contributed by atoms with van der Waals surface area (Å²) in [6, 6.07) is 4.27. The molecule has 0 bridgehead atoms. The van der Waals surface area contributed by atoms with E-state index in [2.05, 4.69) is 42.9 Å². The van der Waals surface area contributed by atoms with Gasteiger partial charge in [-0.1, -0.05) is 0 Å². The number of halogens is 1. The largest absolute Gasteiger partial charge is 0.383 e. The zero-order valence-electron chi connectivity index (χ0n) is 10.9. The Morgan fingerprint density at radius 3 is 3.11 bits per heavy atom. The molecule has 0 aliphatic heterocycles. The van der Waals surface area contributed by atoms with Crippen molar-refractivity contribution >= 4 is 27.3 Å². The molecule has 1 N–H and O–H groups in total. The number of thiophene rings is 1. The number of nitrogens with zero attached hydrogens (tertiary/aromatic N) is 2. The van der Waals surface area contributed by atoms with E-state index in [-0.39, 0.29) is 0 Å². The van der Waals surface area contributed by atoms with Gasteiger partial charge < -0.3 is 14.6 Å². The molecule has 0 fully saturated rings. The Labute approximate surface area is 125 Å². The summed E-state index contributed by atoms with van der Waals surface area (Å²) in [5, 5.41) is 3.34. The lowest BCUT2D eigenvalue weighted by molar-refractivity contribution is 0.199. The van der Waals surface area contributed by atoms with E-state index in [1.807, 2.05) is 12.5 Å². The second kappa shape index (κ2) is 7.79. The Hall–Kier alpha value is -0.690. The van der Waals surface area contributed by atoms with Gasteiger partial charge in [0.2, 0.25) is 0 Å². The van der Waals surface area contributed by atoms with E-state index >= 15 is 0 Å². The zero-order chi connectivity index (χ0) is 13.5. The molecule has 0 saturated carbocycles. The highest BCUT2D eigenvalue weighted by Gasteiger charge is 2.03. The molecule has 4 nitrogen and oxygen atoms in total. The Kier molecular flexibility index (Phi) is 6.03. The van der Waals surface area contributed by atoms with E-state index in [1.54, 1.807) is 18.4 Å². The van der Waals surface area contributed by atoms with Gasteiger partial charge in [0.25, 0.3) is 0 Å². The Bertz CT molecular complexity index is 498. The topological polar surface area (TPSA) is 39.1 Å². The summed E-state index contributed by atoms with van der Waals surface area (Å²) in [6.07, 6.45) is 4.86. The van der Waals surface area contributed by atoms with Crippen LogP contribution in [0, 0.1) is 0 Å². The minimum atomic E-state index is 0.733. The second-order valence-electron chi connectivity index (χ2n) is 4.20. The first-order valence-corrected chi connectivity index (χ1v) is 7.83. The maximum Gasteiger partial charge on any atom is 0.0948 e. The van der Waals surface area contributed by atoms with Crippen LogP contribution >= 0.6 is 27.3 Å². The van der Waals surface area contributed by atoms with Crippen LogP contribution in [0.25, 0.3) is 0 Å². The maximum atomic E-state index is 5.01. The van der Waals surface area contributed by atoms with Gasteiger partial charge in [-0.3, -0.25) is 0 Å². The first-order chi connectivity index (χ1) is 9.29. The van der Waals surface area contributed by atoms with Gasteiger partial charge in [-0.05, 0) is 34.5 Å². The molecule has 104 valence electrons. The van der Waals surface area contributed by atoms with Crippen LogP contribution in [0.4, 0.5) is 0 Å². The highest BCUT2D eigenvalue weighted by molar-refractivity contribution is 9.11. The Morgan fingerprint density at radius 1 is 1.47 bits per heavy atom. The molecule has 2 heterocycles. The molecule has 0 saturated heterocycles. The van der Waals surface area contributed by atoms with Crippen molar-refractivity contribution in [2.75, 3.05) is 20.3 Å². The Morgan fingerprint density at radius 2 is 2.37 bits per heavy atom. The van der Waals surface area contributed by atoms with E-state index in [0.717, 1.165) is 32.7 Å². The normalized spacial score (nSPS) is 11.1. The first-order valence-electron chi connectivity index (χ1n) is 6.22. The van der Waals surface area contributed by atoms with Gasteiger partial charge in [-0.15, -0.1) is 11.3 Å². The number of hydrogen-bond donors (Lipinski definition) is 1. The highest BCUT2D eigenvalue weighted by atomic mass is 79.9. The van der Waals surface area contributed by atoms with Crippen LogP contribution in [0.15, 0.2) is 28.4 Å². The monoisotopic (exact) mass is 343 g/mol. The smallest absolute Gasteiger partial charge is 0.0948 e. The molecule has 0 aliphatic carbocycles. The van der Waals surface area contributed by atoms with Crippen LogP contribution in [-0.2, 0) is 24.2 Å². The molecule has 0 unspecified atom stereocenters. The number of methoxy groups -OCH3 is 1. The number of nitrogens with one attached hydrogen (secondary N) is 1. The molecule has 2 aromatic rings. The molecule has 0 atom stereocenters. The average molecular weight is 344 g/mol. The minimum absolute atomic E-state index is 0.733. The third-order valence-corrected chi connectivity index (χ3v) is 4.50. The standard InChI is InChI=1S/C13H18BrN3OS/c1-18-7-5-15-8-11-9-16-10-17(11)6-4-12-2-3-13(14)19-12/h2-3,9-10,15H,4-8H2,1H3. The van der Waals surface area contributed by atoms with Gasteiger partial charge in [-0.25, -0.2) is 4.98 Å². The quantitative estimate of drug-likeness (QED) is 0.749. The van der Waals surface area contributed by atoms with Gasteiger partial charge >= 0.3 is 0 Å². The molecule has 0 aliphatic rings. The lowest BCUT2D eigenvalue weighted by atomic mass is 10.3. The SMILES string of the molecule is COCCNCc1cncn1CCc1ccc(Br)s1. The van der Waals surface area contributed by atoms with Crippen LogP contribution < -0.4 is 5.32 Å². The summed E-state index contributed by atoms with van der Waals surface area (Å²) in [6.45, 7) is 3.39. The first kappa shape index (κ1) is 14.7. The molecular formula is C13H18BrN3OS. The summed E-state index contributed by atoms with van der Waals surface area (Å²) in [5.41, 5.74) is 1.21. The fraction of sp³-hybridized carbons (Fsp3) is 0.462. The number of imidazole rings is 1. The predicted octanol–water partition coefficient (Wildman–Crippen LogP) is 2.69. The van der Waals surface area contributed by atoms with Crippen molar-refractivity contribution < 1.29 is 4.74 Å². The summed E-state index contributed by atoms with van der Waals surface area (Å²) in [7, 11) is 1.71. The summed E-state index contributed by atoms with van der Waals surface area (Å²) in [5.74, 6) is 0. The van der Waals surface area contributed by atoms with Gasteiger partial charge in [0.15, 0.2) is 0 Å². The zero-order valence-corrected chi connectivity index (χ0v) is 13.3. The second-order valence-corrected chi connectivity index (χ2v) is 6.75. The van der Waals surface area contributed by atoms with E-state index in [1.165, 1.54) is 14.4 Å². The van der Waals surface area contributed by atoms with Crippen LogP contribution in [0.1, 0.15) is 10.6 Å². The van der Waals surface area contributed by atoms with Gasteiger partial charge in [0.1, 0.15) is 0 Å². The summed E-state index contributed by atoms with van der Waals surface area (Å²) >= 11 is 5.28. The van der Waals surface area contributed by atoms with Crippen molar-refractivity contribution in [2.24, 2.45) is 0 Å². The number of aromatic nitrogens is 2.